The largest absolute Gasteiger partial charge is 1.00 e. The van der Waals surface area contributed by atoms with Crippen LogP contribution in [-0.2, 0) is 18.1 Å². The van der Waals surface area contributed by atoms with Crippen LogP contribution in [-0.4, -0.2) is 11.9 Å². The van der Waals surface area contributed by atoms with Gasteiger partial charge in [0.15, 0.2) is 0 Å². The Bertz CT molecular complexity index is 1230. The molecule has 1 aliphatic rings. The van der Waals surface area contributed by atoms with E-state index in [4.69, 9.17) is 0 Å². The summed E-state index contributed by atoms with van der Waals surface area (Å²) in [5, 5.41) is 14.1. The molecular weight excluding hydrogens is 474 g/mol. The molecule has 0 saturated heterocycles. The molecule has 0 radical (unpaired) electrons. The van der Waals surface area contributed by atoms with E-state index in [1.165, 1.54) is 29.5 Å². The maximum absolute atomic E-state index is 13.3. The number of alkyl halides is 3. The number of hydrogen-bond donors (Lipinski definition) is 1. The number of halogens is 3. The molecule has 172 valence electrons. The van der Waals surface area contributed by atoms with Gasteiger partial charge < -0.3 is 15.2 Å². The van der Waals surface area contributed by atoms with Crippen molar-refractivity contribution in [1.82, 2.24) is 5.32 Å². The van der Waals surface area contributed by atoms with Gasteiger partial charge in [0.1, 0.15) is 0 Å². The number of nitrogens with one attached hydrogen (secondary N) is 1. The second kappa shape index (κ2) is 9.85. The van der Waals surface area contributed by atoms with Crippen LogP contribution in [0.1, 0.15) is 65.6 Å². The van der Waals surface area contributed by atoms with Crippen LogP contribution in [0.25, 0.3) is 0 Å². The number of aromatic carboxylic acids is 1. The first kappa shape index (κ1) is 26.5. The predicted octanol–water partition coefficient (Wildman–Crippen LogP) is 1.76. The van der Waals surface area contributed by atoms with Gasteiger partial charge in [-0.1, -0.05) is 42.5 Å². The molecule has 1 heterocycles. The van der Waals surface area contributed by atoms with Crippen molar-refractivity contribution < 1.29 is 57.4 Å². The molecule has 9 heteroatoms. The molecular formula is C25H21F3NNaO3S. The van der Waals surface area contributed by atoms with Crippen LogP contribution in [0.3, 0.4) is 0 Å². The van der Waals surface area contributed by atoms with Crippen LogP contribution in [0.4, 0.5) is 13.2 Å². The Morgan fingerprint density at radius 2 is 1.71 bits per heavy atom. The summed E-state index contributed by atoms with van der Waals surface area (Å²) >= 11 is 1.45. The zero-order valence-electron chi connectivity index (χ0n) is 19.0. The summed E-state index contributed by atoms with van der Waals surface area (Å²) in [6, 6.07) is 11.4. The van der Waals surface area contributed by atoms with E-state index in [0.717, 1.165) is 33.0 Å². The molecule has 0 atom stereocenters. The first-order valence-electron chi connectivity index (χ1n) is 10.4. The molecule has 3 aromatic rings. The summed E-state index contributed by atoms with van der Waals surface area (Å²) < 4.78 is 39.4. The Balaban J connectivity index is 0.00000324. The third-order valence-electron chi connectivity index (χ3n) is 6.02. The Hall–Kier alpha value is -2.13. The molecule has 0 bridgehead atoms. The smallest absolute Gasteiger partial charge is 0.545 e. The van der Waals surface area contributed by atoms with Gasteiger partial charge in [-0.25, -0.2) is 0 Å². The molecule has 1 aromatic heterocycles. The third kappa shape index (κ3) is 5.40. The minimum atomic E-state index is -4.43. The van der Waals surface area contributed by atoms with Gasteiger partial charge in [0.25, 0.3) is 5.91 Å². The number of rotatable bonds is 6. The first-order chi connectivity index (χ1) is 15.5. The Labute approximate surface area is 221 Å². The van der Waals surface area contributed by atoms with E-state index in [1.807, 2.05) is 13.8 Å². The average Bonchev–Trinajstić information content (AvgIpc) is 3.47. The number of carboxylic acid groups (broad SMARTS) is 1. The number of carbonyl (C=O) groups is 2. The Morgan fingerprint density at radius 1 is 1.06 bits per heavy atom. The SMILES string of the molecule is Cc1sc(C)c(C(=O)NC2(c3ccc(C(=O)[O-])cc3)CC2)c1Cc1cccc(C(F)(F)F)c1.[Na+]. The van der Waals surface area contributed by atoms with Crippen molar-refractivity contribution >= 4 is 23.2 Å². The van der Waals surface area contributed by atoms with Crippen molar-refractivity contribution in [2.75, 3.05) is 0 Å². The number of carboxylic acids is 1. The van der Waals surface area contributed by atoms with Gasteiger partial charge >= 0.3 is 35.7 Å². The topological polar surface area (TPSA) is 69.2 Å². The molecule has 0 aliphatic heterocycles. The fourth-order valence-electron chi connectivity index (χ4n) is 4.12. The second-order valence-corrected chi connectivity index (χ2v) is 9.77. The predicted molar refractivity (Wildman–Crippen MR) is 117 cm³/mol. The maximum Gasteiger partial charge on any atom is 1.00 e. The van der Waals surface area contributed by atoms with Crippen LogP contribution in [0.2, 0.25) is 0 Å². The standard InChI is InChI=1S/C25H22F3NO3S.Na/c1-14-20(13-16-4-3-5-19(12-16)25(26,27)28)21(15(2)33-14)22(30)29-24(10-11-24)18-8-6-17(7-9-18)23(31)32;/h3-9,12H,10-11,13H2,1-2H3,(H,29,30)(H,31,32);/q;+1/p-1. The number of carbonyl (C=O) groups excluding carboxylic acids is 2. The summed E-state index contributed by atoms with van der Waals surface area (Å²) in [5.74, 6) is -1.54. The molecule has 0 spiro atoms. The van der Waals surface area contributed by atoms with Crippen molar-refractivity contribution in [2.45, 2.75) is 44.8 Å². The minimum absolute atomic E-state index is 0. The average molecular weight is 495 g/mol. The number of benzene rings is 2. The summed E-state index contributed by atoms with van der Waals surface area (Å²) in [4.78, 5) is 26.0. The van der Waals surface area contributed by atoms with Crippen molar-refractivity contribution in [2.24, 2.45) is 0 Å². The van der Waals surface area contributed by atoms with Crippen LogP contribution < -0.4 is 40.0 Å². The number of thiophene rings is 1. The normalized spacial score (nSPS) is 14.3. The molecule has 34 heavy (non-hydrogen) atoms. The molecule has 1 fully saturated rings. The summed E-state index contributed by atoms with van der Waals surface area (Å²) in [6.45, 7) is 3.69. The van der Waals surface area contributed by atoms with Gasteiger partial charge in [0.2, 0.25) is 0 Å². The van der Waals surface area contributed by atoms with Crippen molar-refractivity contribution in [3.05, 3.63) is 91.7 Å². The van der Waals surface area contributed by atoms with Gasteiger partial charge in [0.05, 0.1) is 22.6 Å². The summed E-state index contributed by atoms with van der Waals surface area (Å²) in [6.07, 6.45) is -2.78. The van der Waals surface area contributed by atoms with Gasteiger partial charge in [-0.2, -0.15) is 13.2 Å². The molecule has 1 aliphatic carbocycles. The van der Waals surface area contributed by atoms with Crippen molar-refractivity contribution in [3.8, 4) is 0 Å². The fourth-order valence-corrected chi connectivity index (χ4v) is 5.19. The quantitative estimate of drug-likeness (QED) is 0.530. The molecule has 4 nitrogen and oxygen atoms in total. The van der Waals surface area contributed by atoms with Crippen molar-refractivity contribution in [3.63, 3.8) is 0 Å². The van der Waals surface area contributed by atoms with E-state index < -0.39 is 23.2 Å². The second-order valence-electron chi connectivity index (χ2n) is 8.34. The van der Waals surface area contributed by atoms with E-state index in [-0.39, 0.29) is 47.4 Å². The number of amides is 1. The Kier molecular flexibility index (Phi) is 7.67. The van der Waals surface area contributed by atoms with E-state index in [0.29, 0.717) is 24.0 Å². The van der Waals surface area contributed by atoms with E-state index >= 15 is 0 Å². The molecule has 4 rings (SSSR count). The summed E-state index contributed by atoms with van der Waals surface area (Å²) in [7, 11) is 0. The van der Waals surface area contributed by atoms with Crippen LogP contribution in [0, 0.1) is 13.8 Å². The van der Waals surface area contributed by atoms with Crippen LogP contribution in [0.5, 0.6) is 0 Å². The molecule has 2 aromatic carbocycles. The molecule has 1 amide bonds. The van der Waals surface area contributed by atoms with E-state index in [2.05, 4.69) is 5.32 Å². The molecule has 1 saturated carbocycles. The van der Waals surface area contributed by atoms with Gasteiger partial charge in [-0.3, -0.25) is 4.79 Å². The van der Waals surface area contributed by atoms with Crippen LogP contribution >= 0.6 is 11.3 Å². The summed E-state index contributed by atoms with van der Waals surface area (Å²) in [5.41, 5.74) is 1.28. The van der Waals surface area contributed by atoms with Gasteiger partial charge in [-0.15, -0.1) is 11.3 Å². The van der Waals surface area contributed by atoms with E-state index in [1.54, 1.807) is 18.2 Å². The van der Waals surface area contributed by atoms with Gasteiger partial charge in [0, 0.05) is 9.75 Å². The first-order valence-corrected chi connectivity index (χ1v) is 11.2. The number of aryl methyl sites for hydroxylation is 2. The fraction of sp³-hybridized carbons (Fsp3) is 0.280. The van der Waals surface area contributed by atoms with Crippen molar-refractivity contribution in [1.29, 1.82) is 0 Å². The molecule has 0 unspecified atom stereocenters. The van der Waals surface area contributed by atoms with Crippen LogP contribution in [0.15, 0.2) is 48.5 Å². The third-order valence-corrected chi connectivity index (χ3v) is 7.09. The maximum atomic E-state index is 13.3. The number of hydrogen-bond acceptors (Lipinski definition) is 4. The van der Waals surface area contributed by atoms with E-state index in [9.17, 15) is 27.9 Å². The zero-order valence-corrected chi connectivity index (χ0v) is 21.8. The van der Waals surface area contributed by atoms with Gasteiger partial charge in [-0.05, 0) is 61.4 Å². The minimum Gasteiger partial charge on any atom is -0.545 e. The zero-order chi connectivity index (χ0) is 24.0. The monoisotopic (exact) mass is 495 g/mol. The molecule has 1 N–H and O–H groups in total. The Morgan fingerprint density at radius 3 is 2.26 bits per heavy atom.